The van der Waals surface area contributed by atoms with E-state index < -0.39 is 0 Å². The Labute approximate surface area is 163 Å². The molecule has 2 aromatic carbocycles. The van der Waals surface area contributed by atoms with Gasteiger partial charge in [0.2, 0.25) is 0 Å². The van der Waals surface area contributed by atoms with Gasteiger partial charge in [-0.1, -0.05) is 13.8 Å². The Balaban J connectivity index is 1.68. The third kappa shape index (κ3) is 3.01. The fourth-order valence-corrected chi connectivity index (χ4v) is 3.54. The summed E-state index contributed by atoms with van der Waals surface area (Å²) in [6.45, 7) is 4.66. The molecule has 0 bridgehead atoms. The van der Waals surface area contributed by atoms with Crippen molar-refractivity contribution in [2.75, 3.05) is 20.8 Å². The maximum absolute atomic E-state index is 13.0. The lowest BCUT2D eigenvalue weighted by Crippen LogP contribution is -2.31. The molecule has 28 heavy (non-hydrogen) atoms. The predicted molar refractivity (Wildman–Crippen MR) is 107 cm³/mol. The van der Waals surface area contributed by atoms with Crippen LogP contribution in [-0.4, -0.2) is 37.4 Å². The zero-order valence-corrected chi connectivity index (χ0v) is 16.4. The van der Waals surface area contributed by atoms with Crippen molar-refractivity contribution in [3.05, 3.63) is 59.9 Å². The molecule has 0 saturated heterocycles. The molecule has 1 aliphatic heterocycles. The van der Waals surface area contributed by atoms with E-state index in [2.05, 4.69) is 18.9 Å². The van der Waals surface area contributed by atoms with Crippen LogP contribution in [0.1, 0.15) is 29.8 Å². The first-order chi connectivity index (χ1) is 13.4. The van der Waals surface area contributed by atoms with Crippen LogP contribution >= 0.6 is 0 Å². The summed E-state index contributed by atoms with van der Waals surface area (Å²) < 4.78 is 16.1. The van der Waals surface area contributed by atoms with Crippen molar-refractivity contribution in [2.45, 2.75) is 13.8 Å². The van der Waals surface area contributed by atoms with Crippen molar-refractivity contribution >= 4 is 22.6 Å². The number of hydrazone groups is 1. The monoisotopic (exact) mass is 378 g/mol. The van der Waals surface area contributed by atoms with Crippen LogP contribution in [0.5, 0.6) is 11.5 Å². The summed E-state index contributed by atoms with van der Waals surface area (Å²) in [5.74, 6) is 1.16. The van der Waals surface area contributed by atoms with Gasteiger partial charge in [0.05, 0.1) is 32.7 Å². The lowest BCUT2D eigenvalue weighted by Gasteiger charge is -2.21. The minimum atomic E-state index is -0.297. The summed E-state index contributed by atoms with van der Waals surface area (Å²) in [7, 11) is 3.21. The minimum absolute atomic E-state index is 0.133. The molecule has 0 N–H and O–H groups in total. The molecular weight excluding hydrogens is 356 g/mol. The average molecular weight is 378 g/mol. The summed E-state index contributed by atoms with van der Waals surface area (Å²) in [4.78, 5) is 13.0. The summed E-state index contributed by atoms with van der Waals surface area (Å²) in [5, 5.41) is 7.10. The molecule has 6 heteroatoms. The third-order valence-electron chi connectivity index (χ3n) is 5.00. The van der Waals surface area contributed by atoms with E-state index in [4.69, 9.17) is 13.9 Å². The lowest BCUT2D eigenvalue weighted by atomic mass is 9.84. The van der Waals surface area contributed by atoms with Gasteiger partial charge in [-0.2, -0.15) is 5.10 Å². The predicted octanol–water partition coefficient (Wildman–Crippen LogP) is 4.34. The second-order valence-electron chi connectivity index (χ2n) is 7.44. The number of hydrogen-bond donors (Lipinski definition) is 0. The Morgan fingerprint density at radius 2 is 1.86 bits per heavy atom. The summed E-state index contributed by atoms with van der Waals surface area (Å²) >= 11 is 0. The number of methoxy groups -OCH3 is 2. The number of rotatable bonds is 4. The molecule has 3 aromatic rings. The quantitative estimate of drug-likeness (QED) is 0.678. The number of carbonyl (C=O) groups excluding carboxylic acids is 1. The van der Waals surface area contributed by atoms with Crippen molar-refractivity contribution < 1.29 is 18.7 Å². The Hall–Kier alpha value is -3.28. The molecule has 1 aliphatic rings. The van der Waals surface area contributed by atoms with Crippen molar-refractivity contribution in [3.63, 3.8) is 0 Å². The van der Waals surface area contributed by atoms with Crippen LogP contribution in [0.25, 0.3) is 11.0 Å². The van der Waals surface area contributed by atoms with E-state index in [1.807, 2.05) is 36.4 Å². The zero-order chi connectivity index (χ0) is 19.9. The topological polar surface area (TPSA) is 64.3 Å². The fraction of sp³-hybridized carbons (Fsp3) is 0.273. The van der Waals surface area contributed by atoms with E-state index in [9.17, 15) is 4.79 Å². The lowest BCUT2D eigenvalue weighted by molar-refractivity contribution is 0.0754. The average Bonchev–Trinajstić information content (AvgIpc) is 3.29. The largest absolute Gasteiger partial charge is 0.493 e. The SMILES string of the molecule is COc1ccc(C2=NN(C(=O)c3ccc4occc4c3)CC2(C)C)cc1OC. The molecule has 0 aliphatic carbocycles. The Bertz CT molecular complexity index is 1080. The Kier molecular flexibility index (Phi) is 4.34. The van der Waals surface area contributed by atoms with Gasteiger partial charge in [0.25, 0.3) is 5.91 Å². The maximum atomic E-state index is 13.0. The minimum Gasteiger partial charge on any atom is -0.493 e. The molecule has 0 unspecified atom stereocenters. The van der Waals surface area contributed by atoms with E-state index in [1.165, 1.54) is 5.01 Å². The molecule has 0 saturated carbocycles. The van der Waals surface area contributed by atoms with Gasteiger partial charge in [-0.05, 0) is 42.5 Å². The Morgan fingerprint density at radius 3 is 2.61 bits per heavy atom. The van der Waals surface area contributed by atoms with Crippen molar-refractivity contribution in [3.8, 4) is 11.5 Å². The van der Waals surface area contributed by atoms with Gasteiger partial charge < -0.3 is 13.9 Å². The van der Waals surface area contributed by atoms with Crippen LogP contribution in [0, 0.1) is 5.41 Å². The van der Waals surface area contributed by atoms with E-state index in [0.717, 1.165) is 22.2 Å². The highest BCUT2D eigenvalue weighted by atomic mass is 16.5. The van der Waals surface area contributed by atoms with Gasteiger partial charge in [0.15, 0.2) is 11.5 Å². The van der Waals surface area contributed by atoms with E-state index >= 15 is 0 Å². The van der Waals surface area contributed by atoms with Gasteiger partial charge in [-0.25, -0.2) is 5.01 Å². The number of carbonyl (C=O) groups is 1. The molecular formula is C22H22N2O4. The van der Waals surface area contributed by atoms with Crippen LogP contribution < -0.4 is 9.47 Å². The first-order valence-corrected chi connectivity index (χ1v) is 9.03. The van der Waals surface area contributed by atoms with Crippen LogP contribution in [0.15, 0.2) is 58.2 Å². The van der Waals surface area contributed by atoms with Crippen LogP contribution in [0.2, 0.25) is 0 Å². The van der Waals surface area contributed by atoms with Gasteiger partial charge in [-0.3, -0.25) is 4.79 Å². The highest BCUT2D eigenvalue weighted by molar-refractivity contribution is 6.08. The van der Waals surface area contributed by atoms with Crippen LogP contribution in [0.3, 0.4) is 0 Å². The first-order valence-electron chi connectivity index (χ1n) is 9.03. The van der Waals surface area contributed by atoms with Gasteiger partial charge in [0.1, 0.15) is 5.58 Å². The highest BCUT2D eigenvalue weighted by Gasteiger charge is 2.38. The third-order valence-corrected chi connectivity index (χ3v) is 5.00. The smallest absolute Gasteiger partial charge is 0.274 e. The molecule has 144 valence electrons. The van der Waals surface area contributed by atoms with Gasteiger partial charge in [-0.15, -0.1) is 0 Å². The highest BCUT2D eigenvalue weighted by Crippen LogP contribution is 2.35. The van der Waals surface area contributed by atoms with Gasteiger partial charge >= 0.3 is 0 Å². The van der Waals surface area contributed by atoms with E-state index in [1.54, 1.807) is 26.5 Å². The Morgan fingerprint density at radius 1 is 1.07 bits per heavy atom. The standard InChI is InChI=1S/C22H22N2O4/c1-22(2)13-24(21(25)16-6-7-17-14(11-16)9-10-28-17)23-20(22)15-5-8-18(26-3)19(12-15)27-4/h5-12H,13H2,1-4H3. The summed E-state index contributed by atoms with van der Waals surface area (Å²) in [5.41, 5.74) is 2.79. The summed E-state index contributed by atoms with van der Waals surface area (Å²) in [6.07, 6.45) is 1.62. The number of furan rings is 1. The number of ether oxygens (including phenoxy) is 2. The molecule has 4 rings (SSSR count). The second-order valence-corrected chi connectivity index (χ2v) is 7.44. The maximum Gasteiger partial charge on any atom is 0.274 e. The fourth-order valence-electron chi connectivity index (χ4n) is 3.54. The van der Waals surface area contributed by atoms with Crippen LogP contribution in [-0.2, 0) is 0 Å². The molecule has 1 aromatic heterocycles. The summed E-state index contributed by atoms with van der Waals surface area (Å²) in [6, 6.07) is 12.9. The van der Waals surface area contributed by atoms with Crippen molar-refractivity contribution in [1.29, 1.82) is 0 Å². The zero-order valence-electron chi connectivity index (χ0n) is 16.4. The normalized spacial score (nSPS) is 15.6. The number of hydrogen-bond acceptors (Lipinski definition) is 5. The first kappa shape index (κ1) is 18.1. The molecule has 0 radical (unpaired) electrons. The molecule has 1 amide bonds. The second kappa shape index (κ2) is 6.71. The van der Waals surface area contributed by atoms with Crippen molar-refractivity contribution in [1.82, 2.24) is 5.01 Å². The van der Waals surface area contributed by atoms with E-state index in [-0.39, 0.29) is 11.3 Å². The van der Waals surface area contributed by atoms with Crippen LogP contribution in [0.4, 0.5) is 0 Å². The molecule has 0 atom stereocenters. The molecule has 6 nitrogen and oxygen atoms in total. The van der Waals surface area contributed by atoms with Crippen molar-refractivity contribution in [2.24, 2.45) is 10.5 Å². The van der Waals surface area contributed by atoms with E-state index in [0.29, 0.717) is 23.6 Å². The molecule has 2 heterocycles. The molecule has 0 fully saturated rings. The molecule has 0 spiro atoms. The van der Waals surface area contributed by atoms with Gasteiger partial charge in [0, 0.05) is 21.9 Å². The number of amides is 1. The number of fused-ring (bicyclic) bond motifs is 1. The number of nitrogens with zero attached hydrogens (tertiary/aromatic N) is 2. The number of benzene rings is 2.